The van der Waals surface area contributed by atoms with Crippen LogP contribution in [0.3, 0.4) is 0 Å². The van der Waals surface area contributed by atoms with E-state index in [2.05, 4.69) is 10.4 Å². The fourth-order valence-electron chi connectivity index (χ4n) is 2.14. The molecule has 0 aromatic carbocycles. The van der Waals surface area contributed by atoms with Crippen LogP contribution in [-0.4, -0.2) is 49.7 Å². The molecule has 0 atom stereocenters. The van der Waals surface area contributed by atoms with Gasteiger partial charge in [-0.05, 0) is 25.8 Å². The van der Waals surface area contributed by atoms with Crippen LogP contribution >= 0.6 is 0 Å². The molecule has 6 nitrogen and oxygen atoms in total. The van der Waals surface area contributed by atoms with E-state index >= 15 is 0 Å². The van der Waals surface area contributed by atoms with Crippen molar-refractivity contribution in [2.75, 3.05) is 27.2 Å². The maximum absolute atomic E-state index is 12.4. The third kappa shape index (κ3) is 3.34. The third-order valence-electron chi connectivity index (χ3n) is 3.65. The van der Waals surface area contributed by atoms with E-state index in [0.29, 0.717) is 19.0 Å². The van der Waals surface area contributed by atoms with Gasteiger partial charge >= 0.3 is 0 Å². The summed E-state index contributed by atoms with van der Waals surface area (Å²) in [6, 6.07) is 0. The van der Waals surface area contributed by atoms with E-state index in [1.807, 2.05) is 7.05 Å². The van der Waals surface area contributed by atoms with Crippen molar-refractivity contribution in [1.82, 2.24) is 19.4 Å². The summed E-state index contributed by atoms with van der Waals surface area (Å²) < 4.78 is 27.8. The first-order valence-corrected chi connectivity index (χ1v) is 8.11. The van der Waals surface area contributed by atoms with Crippen LogP contribution in [0.4, 0.5) is 0 Å². The third-order valence-corrected chi connectivity index (χ3v) is 5.42. The highest BCUT2D eigenvalue weighted by atomic mass is 32.2. The number of hydrogen-bond donors (Lipinski definition) is 1. The molecule has 0 saturated heterocycles. The molecule has 0 spiro atoms. The average Bonchev–Trinajstić information content (AvgIpc) is 2.80. The number of sulfonamides is 1. The molecule has 2 rings (SSSR count). The van der Waals surface area contributed by atoms with E-state index in [-0.39, 0.29) is 4.90 Å². The minimum atomic E-state index is -3.38. The van der Waals surface area contributed by atoms with Crippen molar-refractivity contribution in [2.45, 2.75) is 30.7 Å². The highest BCUT2D eigenvalue weighted by molar-refractivity contribution is 7.89. The van der Waals surface area contributed by atoms with Crippen molar-refractivity contribution < 1.29 is 8.42 Å². The first-order chi connectivity index (χ1) is 9.04. The van der Waals surface area contributed by atoms with Crippen molar-refractivity contribution in [3.8, 4) is 0 Å². The zero-order chi connectivity index (χ0) is 13.9. The van der Waals surface area contributed by atoms with Gasteiger partial charge < -0.3 is 5.32 Å². The minimum absolute atomic E-state index is 0.283. The van der Waals surface area contributed by atoms with Gasteiger partial charge in [0.1, 0.15) is 4.90 Å². The average molecular weight is 286 g/mol. The lowest BCUT2D eigenvalue weighted by Gasteiger charge is -2.29. The van der Waals surface area contributed by atoms with E-state index < -0.39 is 10.0 Å². The summed E-state index contributed by atoms with van der Waals surface area (Å²) in [6.45, 7) is 2.04. The van der Waals surface area contributed by atoms with Crippen LogP contribution in [-0.2, 0) is 16.6 Å². The highest BCUT2D eigenvalue weighted by Crippen LogP contribution is 2.28. The Hall–Kier alpha value is -0.920. The predicted octanol–water partition coefficient (Wildman–Crippen LogP) is 0.523. The standard InChI is InChI=1S/C12H22N4O2S/c1-13-6-7-16-10-12(8-14-16)19(17,18)15(2)9-11-4-3-5-11/h8,10-11,13H,3-7,9H2,1-2H3. The molecule has 1 fully saturated rings. The number of rotatable bonds is 7. The number of nitrogens with zero attached hydrogens (tertiary/aromatic N) is 3. The first kappa shape index (κ1) is 14.5. The van der Waals surface area contributed by atoms with Gasteiger partial charge in [0.15, 0.2) is 0 Å². The fraction of sp³-hybridized carbons (Fsp3) is 0.750. The smallest absolute Gasteiger partial charge is 0.245 e. The molecule has 1 N–H and O–H groups in total. The van der Waals surface area contributed by atoms with Crippen molar-refractivity contribution >= 4 is 10.0 Å². The molecule has 108 valence electrons. The van der Waals surface area contributed by atoms with E-state index in [1.165, 1.54) is 16.9 Å². The number of hydrogen-bond acceptors (Lipinski definition) is 4. The second-order valence-electron chi connectivity index (χ2n) is 5.13. The molecule has 1 saturated carbocycles. The van der Waals surface area contributed by atoms with Crippen LogP contribution in [0.2, 0.25) is 0 Å². The summed E-state index contributed by atoms with van der Waals surface area (Å²) in [5, 5.41) is 7.09. The molecule has 1 heterocycles. The van der Waals surface area contributed by atoms with Gasteiger partial charge in [-0.1, -0.05) is 6.42 Å². The van der Waals surface area contributed by atoms with Gasteiger partial charge in [-0.3, -0.25) is 4.68 Å². The summed E-state index contributed by atoms with van der Waals surface area (Å²) in [4.78, 5) is 0.283. The number of aromatic nitrogens is 2. The van der Waals surface area contributed by atoms with Gasteiger partial charge in [0.2, 0.25) is 10.0 Å². The summed E-state index contributed by atoms with van der Waals surface area (Å²) >= 11 is 0. The first-order valence-electron chi connectivity index (χ1n) is 6.67. The maximum atomic E-state index is 12.4. The fourth-order valence-corrected chi connectivity index (χ4v) is 3.35. The molecule has 0 aliphatic heterocycles. The minimum Gasteiger partial charge on any atom is -0.318 e. The summed E-state index contributed by atoms with van der Waals surface area (Å²) in [5.74, 6) is 0.527. The Morgan fingerprint density at radius 2 is 2.26 bits per heavy atom. The molecule has 0 unspecified atom stereocenters. The van der Waals surface area contributed by atoms with Crippen molar-refractivity contribution in [2.24, 2.45) is 5.92 Å². The molecule has 0 bridgehead atoms. The second-order valence-corrected chi connectivity index (χ2v) is 7.17. The molecule has 1 aliphatic carbocycles. The topological polar surface area (TPSA) is 67.2 Å². The van der Waals surface area contributed by atoms with E-state index in [1.54, 1.807) is 17.9 Å². The zero-order valence-corrected chi connectivity index (χ0v) is 12.4. The second kappa shape index (κ2) is 6.02. The Morgan fingerprint density at radius 1 is 1.53 bits per heavy atom. The Bertz CT molecular complexity index is 508. The van der Waals surface area contributed by atoms with E-state index in [0.717, 1.165) is 19.4 Å². The van der Waals surface area contributed by atoms with Crippen LogP contribution in [0, 0.1) is 5.92 Å². The van der Waals surface area contributed by atoms with Gasteiger partial charge in [-0.15, -0.1) is 0 Å². The molecule has 19 heavy (non-hydrogen) atoms. The Morgan fingerprint density at radius 3 is 2.84 bits per heavy atom. The Labute approximate surface area is 114 Å². The maximum Gasteiger partial charge on any atom is 0.245 e. The largest absolute Gasteiger partial charge is 0.318 e. The molecular weight excluding hydrogens is 264 g/mol. The van der Waals surface area contributed by atoms with Crippen molar-refractivity contribution in [3.63, 3.8) is 0 Å². The van der Waals surface area contributed by atoms with Crippen LogP contribution < -0.4 is 5.32 Å². The van der Waals surface area contributed by atoms with Crippen LogP contribution in [0.15, 0.2) is 17.3 Å². The Balaban J connectivity index is 2.02. The molecule has 0 radical (unpaired) electrons. The van der Waals surface area contributed by atoms with Gasteiger partial charge in [0.05, 0.1) is 12.7 Å². The van der Waals surface area contributed by atoms with Crippen LogP contribution in [0.25, 0.3) is 0 Å². The number of nitrogens with one attached hydrogen (secondary N) is 1. The lowest BCUT2D eigenvalue weighted by molar-refractivity contribution is 0.263. The molecule has 1 aromatic heterocycles. The SMILES string of the molecule is CNCCn1cc(S(=O)(=O)N(C)CC2CCC2)cn1. The molecule has 7 heteroatoms. The molecule has 0 amide bonds. The molecular formula is C12H22N4O2S. The van der Waals surface area contributed by atoms with Crippen molar-refractivity contribution in [3.05, 3.63) is 12.4 Å². The normalized spacial score (nSPS) is 16.8. The van der Waals surface area contributed by atoms with Gasteiger partial charge in [0.25, 0.3) is 0 Å². The van der Waals surface area contributed by atoms with Crippen molar-refractivity contribution in [1.29, 1.82) is 0 Å². The lowest BCUT2D eigenvalue weighted by Crippen LogP contribution is -2.34. The highest BCUT2D eigenvalue weighted by Gasteiger charge is 2.27. The Kier molecular flexibility index (Phi) is 4.59. The van der Waals surface area contributed by atoms with E-state index in [9.17, 15) is 8.42 Å². The zero-order valence-electron chi connectivity index (χ0n) is 11.5. The molecule has 1 aliphatic rings. The summed E-state index contributed by atoms with van der Waals surface area (Å²) in [7, 11) is 0.121. The number of likely N-dealkylation sites (N-methyl/N-ethyl adjacent to an activating group) is 1. The summed E-state index contributed by atoms with van der Waals surface area (Å²) in [6.07, 6.45) is 6.54. The van der Waals surface area contributed by atoms with Crippen LogP contribution in [0.5, 0.6) is 0 Å². The lowest BCUT2D eigenvalue weighted by atomic mass is 9.86. The summed E-state index contributed by atoms with van der Waals surface area (Å²) in [5.41, 5.74) is 0. The quantitative estimate of drug-likeness (QED) is 0.793. The van der Waals surface area contributed by atoms with E-state index in [4.69, 9.17) is 0 Å². The van der Waals surface area contributed by atoms with Gasteiger partial charge in [-0.25, -0.2) is 12.7 Å². The van der Waals surface area contributed by atoms with Crippen LogP contribution in [0.1, 0.15) is 19.3 Å². The monoisotopic (exact) mass is 286 g/mol. The van der Waals surface area contributed by atoms with Gasteiger partial charge in [0, 0.05) is 26.3 Å². The van der Waals surface area contributed by atoms with Gasteiger partial charge in [-0.2, -0.15) is 5.10 Å². The molecule has 1 aromatic rings. The predicted molar refractivity (Wildman–Crippen MR) is 73.3 cm³/mol.